The number of alkyl halides is 3. The molecule has 7 heteroatoms. The zero-order valence-corrected chi connectivity index (χ0v) is 13.4. The standard InChI is InChI=1S/C16H17F3N2OS/c1-11-6-8-12(9-7-11)15(16(17,18)19)20-14(22)21-10-4-2-3-5-13(21)23-15/h5-9H,2-4,10H2,1H3,(H,20,22). The first-order chi connectivity index (χ1) is 10.8. The van der Waals surface area contributed by atoms with Crippen LogP contribution in [0.3, 0.4) is 0 Å². The monoisotopic (exact) mass is 342 g/mol. The largest absolute Gasteiger partial charge is 0.425 e. The Bertz CT molecular complexity index is 642. The molecule has 0 saturated carbocycles. The number of amides is 2. The number of aryl methyl sites for hydroxylation is 1. The van der Waals surface area contributed by atoms with Crippen LogP contribution in [-0.4, -0.2) is 23.7 Å². The Kier molecular flexibility index (Phi) is 4.08. The molecule has 1 fully saturated rings. The number of allylic oxidation sites excluding steroid dienone is 1. The lowest BCUT2D eigenvalue weighted by Gasteiger charge is -2.43. The van der Waals surface area contributed by atoms with Crippen LogP contribution in [0.4, 0.5) is 18.0 Å². The van der Waals surface area contributed by atoms with Crippen molar-refractivity contribution in [3.63, 3.8) is 0 Å². The molecular weight excluding hydrogens is 325 g/mol. The lowest BCUT2D eigenvalue weighted by Crippen LogP contribution is -2.60. The Hall–Kier alpha value is -1.63. The van der Waals surface area contributed by atoms with Crippen molar-refractivity contribution in [3.8, 4) is 0 Å². The third-order valence-corrected chi connectivity index (χ3v) is 5.54. The number of fused-ring (bicyclic) bond motifs is 1. The van der Waals surface area contributed by atoms with Gasteiger partial charge in [-0.05, 0) is 31.7 Å². The molecule has 124 valence electrons. The molecule has 2 amide bonds. The highest BCUT2D eigenvalue weighted by molar-refractivity contribution is 8.04. The minimum Gasteiger partial charge on any atom is -0.311 e. The smallest absolute Gasteiger partial charge is 0.311 e. The lowest BCUT2D eigenvalue weighted by atomic mass is 10.0. The Morgan fingerprint density at radius 1 is 1.22 bits per heavy atom. The topological polar surface area (TPSA) is 32.3 Å². The van der Waals surface area contributed by atoms with Crippen molar-refractivity contribution in [3.05, 3.63) is 46.5 Å². The summed E-state index contributed by atoms with van der Waals surface area (Å²) in [5, 5.41) is 2.61. The summed E-state index contributed by atoms with van der Waals surface area (Å²) in [5.41, 5.74) is 0.910. The average molecular weight is 342 g/mol. The highest BCUT2D eigenvalue weighted by atomic mass is 32.2. The first kappa shape index (κ1) is 16.2. The first-order valence-corrected chi connectivity index (χ1v) is 8.28. The van der Waals surface area contributed by atoms with E-state index >= 15 is 0 Å². The quantitative estimate of drug-likeness (QED) is 0.815. The summed E-state index contributed by atoms with van der Waals surface area (Å²) in [6, 6.07) is 5.44. The van der Waals surface area contributed by atoms with Crippen molar-refractivity contribution in [2.45, 2.75) is 37.2 Å². The molecule has 1 unspecified atom stereocenters. The predicted molar refractivity (Wildman–Crippen MR) is 83.7 cm³/mol. The fourth-order valence-corrected chi connectivity index (χ4v) is 4.08. The molecule has 2 heterocycles. The minimum absolute atomic E-state index is 0.0405. The van der Waals surface area contributed by atoms with Crippen LogP contribution in [0.1, 0.15) is 30.4 Å². The van der Waals surface area contributed by atoms with E-state index in [0.717, 1.165) is 18.4 Å². The number of hydrogen-bond acceptors (Lipinski definition) is 2. The molecule has 1 N–H and O–H groups in total. The van der Waals surface area contributed by atoms with Crippen molar-refractivity contribution >= 4 is 17.8 Å². The van der Waals surface area contributed by atoms with Crippen molar-refractivity contribution in [1.29, 1.82) is 0 Å². The van der Waals surface area contributed by atoms with Gasteiger partial charge >= 0.3 is 12.2 Å². The van der Waals surface area contributed by atoms with Crippen LogP contribution in [0.2, 0.25) is 0 Å². The average Bonchev–Trinajstić information content (AvgIpc) is 2.72. The number of hydrogen-bond donors (Lipinski definition) is 1. The molecule has 0 radical (unpaired) electrons. The predicted octanol–water partition coefficient (Wildman–Crippen LogP) is 4.49. The van der Waals surface area contributed by atoms with Gasteiger partial charge < -0.3 is 5.32 Å². The second-order valence-electron chi connectivity index (χ2n) is 5.77. The van der Waals surface area contributed by atoms with Crippen LogP contribution < -0.4 is 5.32 Å². The van der Waals surface area contributed by atoms with Crippen LogP contribution in [0.5, 0.6) is 0 Å². The molecule has 1 atom stereocenters. The van der Waals surface area contributed by atoms with E-state index in [1.807, 2.05) is 6.92 Å². The number of halogens is 3. The van der Waals surface area contributed by atoms with E-state index in [1.165, 1.54) is 17.0 Å². The molecule has 1 aromatic carbocycles. The van der Waals surface area contributed by atoms with Gasteiger partial charge in [0.25, 0.3) is 0 Å². The molecular formula is C16H17F3N2OS. The fraction of sp³-hybridized carbons (Fsp3) is 0.438. The third kappa shape index (κ3) is 2.82. The Balaban J connectivity index is 2.08. The van der Waals surface area contributed by atoms with Gasteiger partial charge in [-0.15, -0.1) is 0 Å². The molecule has 1 aromatic rings. The molecule has 3 rings (SSSR count). The van der Waals surface area contributed by atoms with E-state index in [9.17, 15) is 18.0 Å². The van der Waals surface area contributed by atoms with Crippen molar-refractivity contribution in [2.24, 2.45) is 0 Å². The molecule has 2 aliphatic rings. The van der Waals surface area contributed by atoms with E-state index in [-0.39, 0.29) is 5.56 Å². The number of carbonyl (C=O) groups excluding carboxylic acids is 1. The lowest BCUT2D eigenvalue weighted by molar-refractivity contribution is -0.168. The van der Waals surface area contributed by atoms with Crippen LogP contribution in [0.15, 0.2) is 35.4 Å². The second-order valence-corrected chi connectivity index (χ2v) is 7.00. The van der Waals surface area contributed by atoms with Gasteiger partial charge in [0.2, 0.25) is 4.87 Å². The van der Waals surface area contributed by atoms with Crippen LogP contribution in [0.25, 0.3) is 0 Å². The number of carbonyl (C=O) groups is 1. The maximum Gasteiger partial charge on any atom is 0.425 e. The number of rotatable bonds is 1. The summed E-state index contributed by atoms with van der Waals surface area (Å²) in [7, 11) is 0. The summed E-state index contributed by atoms with van der Waals surface area (Å²) >= 11 is 0.676. The summed E-state index contributed by atoms with van der Waals surface area (Å²) in [5.74, 6) is 0. The number of benzene rings is 1. The molecule has 0 bridgehead atoms. The number of thioether (sulfide) groups is 1. The van der Waals surface area contributed by atoms with Gasteiger partial charge in [-0.3, -0.25) is 4.90 Å². The van der Waals surface area contributed by atoms with Crippen molar-refractivity contribution in [1.82, 2.24) is 10.2 Å². The van der Waals surface area contributed by atoms with Gasteiger partial charge in [0.05, 0.1) is 5.03 Å². The molecule has 0 aliphatic carbocycles. The molecule has 0 spiro atoms. The Morgan fingerprint density at radius 2 is 1.91 bits per heavy atom. The van der Waals surface area contributed by atoms with Crippen LogP contribution in [0, 0.1) is 6.92 Å². The highest BCUT2D eigenvalue weighted by Gasteiger charge is 2.61. The summed E-state index contributed by atoms with van der Waals surface area (Å²) in [6.45, 7) is 2.26. The van der Waals surface area contributed by atoms with E-state index in [2.05, 4.69) is 5.32 Å². The Morgan fingerprint density at radius 3 is 2.57 bits per heavy atom. The molecule has 1 saturated heterocycles. The van der Waals surface area contributed by atoms with Crippen LogP contribution >= 0.6 is 11.8 Å². The summed E-state index contributed by atoms with van der Waals surface area (Å²) in [6.07, 6.45) is -0.518. The SMILES string of the molecule is Cc1ccc(C2(C(F)(F)F)NC(=O)N3CCCCC=C3S2)cc1. The number of nitrogens with zero attached hydrogens (tertiary/aromatic N) is 1. The van der Waals surface area contributed by atoms with Crippen molar-refractivity contribution in [2.75, 3.05) is 6.54 Å². The maximum absolute atomic E-state index is 13.9. The summed E-state index contributed by atoms with van der Waals surface area (Å²) < 4.78 is 41.8. The minimum atomic E-state index is -4.61. The van der Waals surface area contributed by atoms with E-state index in [4.69, 9.17) is 0 Å². The number of nitrogens with one attached hydrogen (secondary N) is 1. The molecule has 0 aromatic heterocycles. The van der Waals surface area contributed by atoms with E-state index in [1.54, 1.807) is 18.2 Å². The normalized spacial score (nSPS) is 25.3. The van der Waals surface area contributed by atoms with Crippen molar-refractivity contribution < 1.29 is 18.0 Å². The zero-order valence-electron chi connectivity index (χ0n) is 12.6. The Labute approximate surface area is 136 Å². The van der Waals surface area contributed by atoms with E-state index < -0.39 is 17.1 Å². The van der Waals surface area contributed by atoms with Gasteiger partial charge in [0.1, 0.15) is 0 Å². The molecule has 2 aliphatic heterocycles. The number of urea groups is 1. The molecule has 3 nitrogen and oxygen atoms in total. The fourth-order valence-electron chi connectivity index (χ4n) is 2.77. The zero-order chi connectivity index (χ0) is 16.7. The van der Waals surface area contributed by atoms with Gasteiger partial charge in [-0.1, -0.05) is 47.7 Å². The van der Waals surface area contributed by atoms with Gasteiger partial charge in [-0.2, -0.15) is 13.2 Å². The van der Waals surface area contributed by atoms with Gasteiger partial charge in [-0.25, -0.2) is 4.79 Å². The molecule has 23 heavy (non-hydrogen) atoms. The summed E-state index contributed by atoms with van der Waals surface area (Å²) in [4.78, 5) is 11.3. The first-order valence-electron chi connectivity index (χ1n) is 7.46. The third-order valence-electron chi connectivity index (χ3n) is 4.06. The van der Waals surface area contributed by atoms with Gasteiger partial charge in [0, 0.05) is 6.54 Å². The van der Waals surface area contributed by atoms with Gasteiger partial charge in [0.15, 0.2) is 0 Å². The van der Waals surface area contributed by atoms with E-state index in [0.29, 0.717) is 29.8 Å². The highest BCUT2D eigenvalue weighted by Crippen LogP contribution is 2.53. The second kappa shape index (κ2) is 5.78. The maximum atomic E-state index is 13.9. The van der Waals surface area contributed by atoms with Crippen LogP contribution in [-0.2, 0) is 4.87 Å².